The third kappa shape index (κ3) is 3.05. The minimum atomic E-state index is -4.70. The number of benzene rings is 2. The normalized spacial score (nSPS) is 21.2. The third-order valence-electron chi connectivity index (χ3n) is 7.17. The largest absolute Gasteiger partial charge is 0.418 e. The molecule has 0 radical (unpaired) electrons. The highest BCUT2D eigenvalue weighted by molar-refractivity contribution is 6.21. The Hall–Kier alpha value is -4.58. The zero-order valence-electron chi connectivity index (χ0n) is 19.3. The Labute approximate surface area is 209 Å². The summed E-state index contributed by atoms with van der Waals surface area (Å²) < 4.78 is 44.3. The van der Waals surface area contributed by atoms with Gasteiger partial charge in [0.05, 0.1) is 16.8 Å². The molecule has 1 N–H and O–H groups in total. The van der Waals surface area contributed by atoms with Crippen molar-refractivity contribution >= 4 is 28.9 Å². The van der Waals surface area contributed by atoms with Crippen LogP contribution in [0.5, 0.6) is 0 Å². The third-order valence-corrected chi connectivity index (χ3v) is 7.17. The van der Waals surface area contributed by atoms with Gasteiger partial charge in [0.15, 0.2) is 5.78 Å². The molecule has 1 spiro atoms. The molecule has 0 bridgehead atoms. The van der Waals surface area contributed by atoms with Crippen LogP contribution in [0, 0.1) is 11.3 Å². The van der Waals surface area contributed by atoms with Crippen molar-refractivity contribution < 1.29 is 22.8 Å². The zero-order valence-corrected chi connectivity index (χ0v) is 19.3. The smallest absolute Gasteiger partial charge is 0.324 e. The van der Waals surface area contributed by atoms with E-state index in [-0.39, 0.29) is 41.3 Å². The summed E-state index contributed by atoms with van der Waals surface area (Å²) in [7, 11) is 0. The lowest BCUT2D eigenvalue weighted by Crippen LogP contribution is -2.49. The van der Waals surface area contributed by atoms with Crippen molar-refractivity contribution in [1.82, 2.24) is 4.57 Å². The number of aromatic nitrogens is 1. The number of Topliss-reactive ketones (excluding diaryl/α,β-unsaturated/α-hetero) is 1. The van der Waals surface area contributed by atoms with Crippen LogP contribution in [0.15, 0.2) is 89.9 Å². The Kier molecular flexibility index (Phi) is 4.92. The fourth-order valence-electron chi connectivity index (χ4n) is 5.78. The van der Waals surface area contributed by atoms with Gasteiger partial charge in [0.1, 0.15) is 17.3 Å². The number of carbonyl (C=O) groups excluding carboxylic acids is 2. The standard InChI is InChI=1S/C28H19F3N4O2/c29-28(30,31)18-9-2-4-11-21(18)35-22-12-7-13-23(36)24(22)27(17-8-1-3-10-20(17)33-26(27)37)19(16-32)25(35)34-14-5-6-15-34/h1-6,8-11,14-15H,7,12-13H2,(H,33,37)/t27-/m1/s1. The van der Waals surface area contributed by atoms with Gasteiger partial charge in [0.25, 0.3) is 0 Å². The highest BCUT2D eigenvalue weighted by Gasteiger charge is 2.60. The van der Waals surface area contributed by atoms with Crippen LogP contribution in [0.3, 0.4) is 0 Å². The summed E-state index contributed by atoms with van der Waals surface area (Å²) in [5.74, 6) is -0.840. The lowest BCUT2D eigenvalue weighted by atomic mass is 9.63. The number of fused-ring (bicyclic) bond motifs is 3. The highest BCUT2D eigenvalue weighted by atomic mass is 19.4. The Bertz CT molecular complexity index is 1580. The summed E-state index contributed by atoms with van der Waals surface area (Å²) in [5, 5.41) is 13.4. The second kappa shape index (κ2) is 7.96. The molecule has 1 atom stereocenters. The molecular weight excluding hydrogens is 481 g/mol. The van der Waals surface area contributed by atoms with E-state index in [9.17, 15) is 28.0 Å². The molecule has 1 amide bonds. The quantitative estimate of drug-likeness (QED) is 0.496. The van der Waals surface area contributed by atoms with Gasteiger partial charge in [-0.25, -0.2) is 0 Å². The van der Waals surface area contributed by atoms with Crippen LogP contribution >= 0.6 is 0 Å². The fourth-order valence-corrected chi connectivity index (χ4v) is 5.78. The number of hydrogen-bond acceptors (Lipinski definition) is 4. The maximum Gasteiger partial charge on any atom is 0.418 e. The Morgan fingerprint density at radius 2 is 1.65 bits per heavy atom. The van der Waals surface area contributed by atoms with Gasteiger partial charge in [-0.05, 0) is 43.2 Å². The number of anilines is 2. The number of hydrogen-bond donors (Lipinski definition) is 1. The number of allylic oxidation sites excluding steroid dienone is 1. The molecule has 3 aliphatic rings. The van der Waals surface area contributed by atoms with Gasteiger partial charge in [-0.15, -0.1) is 0 Å². The van der Waals surface area contributed by atoms with Crippen LogP contribution in [0.1, 0.15) is 30.4 Å². The number of para-hydroxylation sites is 2. The second-order valence-corrected chi connectivity index (χ2v) is 9.10. The monoisotopic (exact) mass is 500 g/mol. The second-order valence-electron chi connectivity index (χ2n) is 9.10. The first-order chi connectivity index (χ1) is 17.8. The number of alkyl halides is 3. The predicted octanol–water partition coefficient (Wildman–Crippen LogP) is 5.62. The van der Waals surface area contributed by atoms with Crippen molar-refractivity contribution in [3.8, 4) is 6.07 Å². The Morgan fingerprint density at radius 3 is 2.38 bits per heavy atom. The number of rotatable bonds is 2. The molecule has 0 saturated carbocycles. The number of amides is 1. The van der Waals surface area contributed by atoms with E-state index in [1.54, 1.807) is 48.8 Å². The minimum absolute atomic E-state index is 0.0608. The van der Waals surface area contributed by atoms with Gasteiger partial charge in [0.2, 0.25) is 5.91 Å². The summed E-state index contributed by atoms with van der Waals surface area (Å²) in [6.07, 6.45) is -0.688. The van der Waals surface area contributed by atoms with E-state index in [0.717, 1.165) is 6.07 Å². The molecule has 0 unspecified atom stereocenters. The molecule has 1 aromatic heterocycles. The minimum Gasteiger partial charge on any atom is -0.324 e. The van der Waals surface area contributed by atoms with Gasteiger partial charge < -0.3 is 9.88 Å². The van der Waals surface area contributed by atoms with E-state index < -0.39 is 23.1 Å². The molecule has 3 heterocycles. The molecule has 1 aliphatic carbocycles. The highest BCUT2D eigenvalue weighted by Crippen LogP contribution is 2.57. The fraction of sp³-hybridized carbons (Fsp3) is 0.179. The van der Waals surface area contributed by atoms with Gasteiger partial charge in [0, 0.05) is 41.3 Å². The lowest BCUT2D eigenvalue weighted by Gasteiger charge is -2.45. The van der Waals surface area contributed by atoms with Crippen molar-refractivity contribution in [3.05, 3.63) is 101 Å². The first kappa shape index (κ1) is 22.9. The average Bonchev–Trinajstić information content (AvgIpc) is 3.51. The predicted molar refractivity (Wildman–Crippen MR) is 130 cm³/mol. The van der Waals surface area contributed by atoms with Crippen LogP contribution < -0.4 is 10.2 Å². The van der Waals surface area contributed by atoms with Crippen molar-refractivity contribution in [2.75, 3.05) is 10.2 Å². The molecule has 0 fully saturated rings. The molecule has 37 heavy (non-hydrogen) atoms. The van der Waals surface area contributed by atoms with Crippen LogP contribution in [0.2, 0.25) is 0 Å². The maximum absolute atomic E-state index is 14.2. The summed E-state index contributed by atoms with van der Waals surface area (Å²) in [6, 6.07) is 17.4. The summed E-state index contributed by atoms with van der Waals surface area (Å²) >= 11 is 0. The maximum atomic E-state index is 14.2. The van der Waals surface area contributed by atoms with Gasteiger partial charge in [-0.1, -0.05) is 30.3 Å². The summed E-state index contributed by atoms with van der Waals surface area (Å²) in [5.41, 5.74) is -1.76. The van der Waals surface area contributed by atoms with Crippen molar-refractivity contribution in [2.45, 2.75) is 30.9 Å². The van der Waals surface area contributed by atoms with Crippen molar-refractivity contribution in [2.24, 2.45) is 0 Å². The molecule has 9 heteroatoms. The Morgan fingerprint density at radius 1 is 0.946 bits per heavy atom. The number of nitriles is 1. The van der Waals surface area contributed by atoms with E-state index in [0.29, 0.717) is 23.4 Å². The topological polar surface area (TPSA) is 78.1 Å². The number of ketones is 1. The summed E-state index contributed by atoms with van der Waals surface area (Å²) in [6.45, 7) is 0. The summed E-state index contributed by atoms with van der Waals surface area (Å²) in [4.78, 5) is 28.9. The number of nitrogens with one attached hydrogen (secondary N) is 1. The molecule has 3 aromatic rings. The first-order valence-corrected chi connectivity index (χ1v) is 11.7. The van der Waals surface area contributed by atoms with Crippen molar-refractivity contribution in [3.63, 3.8) is 0 Å². The van der Waals surface area contributed by atoms with Crippen LogP contribution in [0.25, 0.3) is 5.82 Å². The van der Waals surface area contributed by atoms with Gasteiger partial charge in [-0.3, -0.25) is 14.5 Å². The van der Waals surface area contributed by atoms with E-state index >= 15 is 0 Å². The number of carbonyl (C=O) groups is 2. The van der Waals surface area contributed by atoms with Crippen LogP contribution in [-0.2, 0) is 21.2 Å². The zero-order chi connectivity index (χ0) is 25.9. The van der Waals surface area contributed by atoms with E-state index in [1.165, 1.54) is 27.7 Å². The molecule has 6 rings (SSSR count). The van der Waals surface area contributed by atoms with E-state index in [4.69, 9.17) is 0 Å². The number of nitrogens with zero attached hydrogens (tertiary/aromatic N) is 3. The van der Waals surface area contributed by atoms with E-state index in [1.807, 2.05) is 0 Å². The molecule has 2 aliphatic heterocycles. The van der Waals surface area contributed by atoms with Crippen LogP contribution in [-0.4, -0.2) is 16.3 Å². The molecule has 6 nitrogen and oxygen atoms in total. The molecule has 184 valence electrons. The first-order valence-electron chi connectivity index (χ1n) is 11.7. The lowest BCUT2D eigenvalue weighted by molar-refractivity contribution is -0.137. The van der Waals surface area contributed by atoms with Gasteiger partial charge >= 0.3 is 6.18 Å². The SMILES string of the molecule is N#CC1=C(n2cccc2)N(c2ccccc2C(F)(F)F)C2=C(C(=O)CCC2)[C@]12C(=O)Nc1ccccc12. The van der Waals surface area contributed by atoms with E-state index in [2.05, 4.69) is 11.4 Å². The average molecular weight is 500 g/mol. The molecule has 0 saturated heterocycles. The number of halogens is 3. The molecular formula is C28H19F3N4O2. The van der Waals surface area contributed by atoms with Crippen LogP contribution in [0.4, 0.5) is 24.5 Å². The van der Waals surface area contributed by atoms with Crippen molar-refractivity contribution in [1.29, 1.82) is 5.26 Å². The molecule has 2 aromatic carbocycles. The Balaban J connectivity index is 1.80. The van der Waals surface area contributed by atoms with Gasteiger partial charge in [-0.2, -0.15) is 18.4 Å².